The zero-order chi connectivity index (χ0) is 30.5. The Morgan fingerprint density at radius 2 is 1.36 bits per heavy atom. The van der Waals surface area contributed by atoms with E-state index < -0.39 is 0 Å². The number of pyridine rings is 1. The molecule has 0 amide bonds. The van der Waals surface area contributed by atoms with Crippen molar-refractivity contribution >= 4 is 21.7 Å². The molecule has 2 heterocycles. The molecule has 0 saturated heterocycles. The normalized spacial score (nSPS) is 10.9. The number of aromatic nitrogens is 3. The van der Waals surface area contributed by atoms with Gasteiger partial charge in [-0.15, -0.1) is 70.8 Å². The van der Waals surface area contributed by atoms with Gasteiger partial charge in [0.1, 0.15) is 0 Å². The van der Waals surface area contributed by atoms with Gasteiger partial charge in [0.15, 0.2) is 0 Å². The fourth-order valence-corrected chi connectivity index (χ4v) is 5.32. The van der Waals surface area contributed by atoms with Crippen molar-refractivity contribution in [1.29, 1.82) is 0 Å². The number of hydrogen-bond acceptors (Lipinski definition) is 3. The maximum Gasteiger partial charge on any atom is 0.0755 e. The fourth-order valence-electron chi connectivity index (χ4n) is 5.32. The minimum atomic E-state index is 0. The van der Waals surface area contributed by atoms with Crippen molar-refractivity contribution in [2.45, 2.75) is 39.5 Å². The van der Waals surface area contributed by atoms with Crippen LogP contribution in [0.1, 0.15) is 50.7 Å². The summed E-state index contributed by atoms with van der Waals surface area (Å²) in [4.78, 5) is 13.8. The molecule has 0 fully saturated rings. The van der Waals surface area contributed by atoms with Crippen molar-refractivity contribution in [3.05, 3.63) is 151 Å². The average Bonchev–Trinajstić information content (AvgIpc) is 3.09. The van der Waals surface area contributed by atoms with E-state index in [2.05, 4.69) is 117 Å². The van der Waals surface area contributed by atoms with Crippen molar-refractivity contribution in [1.82, 2.24) is 15.0 Å². The maximum absolute atomic E-state index is 4.84. The van der Waals surface area contributed by atoms with E-state index in [1.165, 1.54) is 33.0 Å². The first-order chi connectivity index (χ1) is 21.5. The predicted octanol–water partition coefficient (Wildman–Crippen LogP) is 10.7. The summed E-state index contributed by atoms with van der Waals surface area (Å²) in [6.07, 6.45) is 3.76. The molecule has 0 bridgehead atoms. The van der Waals surface area contributed by atoms with E-state index in [1.54, 1.807) is 0 Å². The van der Waals surface area contributed by atoms with Gasteiger partial charge in [-0.05, 0) is 51.6 Å². The number of hydrogen-bond donors (Lipinski definition) is 0. The molecule has 0 aliphatic rings. The number of rotatable bonds is 5. The third kappa shape index (κ3) is 7.25. The predicted molar refractivity (Wildman–Crippen MR) is 183 cm³/mol. The summed E-state index contributed by atoms with van der Waals surface area (Å²) < 4.78 is 0. The zero-order valence-electron chi connectivity index (χ0n) is 26.0. The second-order valence-corrected chi connectivity index (χ2v) is 11.5. The summed E-state index contributed by atoms with van der Waals surface area (Å²) in [6.45, 7) is 8.86. The Hall–Kier alpha value is -4.50. The molecule has 2 aromatic heterocycles. The maximum atomic E-state index is 4.84. The smallest absolute Gasteiger partial charge is 0.0755 e. The van der Waals surface area contributed by atoms with Gasteiger partial charge in [-0.1, -0.05) is 94.4 Å². The molecule has 3 nitrogen and oxygen atoms in total. The van der Waals surface area contributed by atoms with E-state index in [0.717, 1.165) is 27.7 Å². The van der Waals surface area contributed by atoms with Crippen LogP contribution in [0.3, 0.4) is 0 Å². The summed E-state index contributed by atoms with van der Waals surface area (Å²) in [6, 6.07) is 46.1. The van der Waals surface area contributed by atoms with E-state index >= 15 is 0 Å². The molecule has 0 unspecified atom stereocenters. The van der Waals surface area contributed by atoms with Gasteiger partial charge in [-0.25, -0.2) is 0 Å². The summed E-state index contributed by atoms with van der Waals surface area (Å²) >= 11 is 0. The minimum Gasteiger partial charge on any atom is -0.305 e. The van der Waals surface area contributed by atoms with Crippen molar-refractivity contribution in [3.8, 4) is 33.8 Å². The molecular formula is C41H35IrN3-2. The van der Waals surface area contributed by atoms with Crippen LogP contribution in [0.25, 0.3) is 55.4 Å². The number of benzene rings is 5. The Balaban J connectivity index is 0.000000186. The zero-order valence-corrected chi connectivity index (χ0v) is 28.3. The number of nitrogens with zero attached hydrogens (tertiary/aromatic N) is 3. The van der Waals surface area contributed by atoms with E-state index in [4.69, 9.17) is 4.98 Å². The molecule has 0 atom stereocenters. The molecule has 5 aromatic carbocycles. The van der Waals surface area contributed by atoms with E-state index in [0.29, 0.717) is 17.7 Å². The van der Waals surface area contributed by atoms with Crippen LogP contribution in [0.2, 0.25) is 0 Å². The van der Waals surface area contributed by atoms with Crippen LogP contribution in [-0.2, 0) is 20.1 Å². The minimum absolute atomic E-state index is 0. The third-order valence-corrected chi connectivity index (χ3v) is 7.78. The molecule has 0 saturated carbocycles. The first-order valence-electron chi connectivity index (χ1n) is 15.2. The monoisotopic (exact) mass is 762 g/mol. The van der Waals surface area contributed by atoms with Crippen LogP contribution >= 0.6 is 0 Å². The third-order valence-electron chi connectivity index (χ3n) is 7.78. The summed E-state index contributed by atoms with van der Waals surface area (Å²) in [5.74, 6) is 1.72. The SMILES string of the molecule is CC(C)c1[c-]c(-c2ccccn2)cc(C(C)C)c1.[Ir].[c-]1ccccc1-c1ncc2c(cc(-c3ccccc3)c3ccccc32)n1. The van der Waals surface area contributed by atoms with Gasteiger partial charge in [0.2, 0.25) is 0 Å². The second kappa shape index (κ2) is 14.5. The van der Waals surface area contributed by atoms with Gasteiger partial charge in [0, 0.05) is 37.9 Å². The van der Waals surface area contributed by atoms with Gasteiger partial charge in [0.05, 0.1) is 11.3 Å². The number of fused-ring (bicyclic) bond motifs is 3. The molecule has 0 aliphatic carbocycles. The topological polar surface area (TPSA) is 38.7 Å². The molecule has 0 N–H and O–H groups in total. The van der Waals surface area contributed by atoms with Gasteiger partial charge in [0.25, 0.3) is 0 Å². The van der Waals surface area contributed by atoms with Crippen LogP contribution in [0.15, 0.2) is 128 Å². The molecule has 1 radical (unpaired) electrons. The quantitative estimate of drug-likeness (QED) is 0.130. The molecular weight excluding hydrogens is 727 g/mol. The van der Waals surface area contributed by atoms with E-state index in [1.807, 2.05) is 60.9 Å². The van der Waals surface area contributed by atoms with E-state index in [9.17, 15) is 0 Å². The summed E-state index contributed by atoms with van der Waals surface area (Å²) in [5, 5.41) is 3.46. The molecule has 45 heavy (non-hydrogen) atoms. The average molecular weight is 762 g/mol. The Labute approximate surface area is 279 Å². The van der Waals surface area contributed by atoms with Crippen LogP contribution in [0, 0.1) is 12.1 Å². The van der Waals surface area contributed by atoms with E-state index in [-0.39, 0.29) is 20.1 Å². The van der Waals surface area contributed by atoms with Crippen molar-refractivity contribution in [3.63, 3.8) is 0 Å². The molecule has 225 valence electrons. The molecule has 7 aromatic rings. The van der Waals surface area contributed by atoms with Gasteiger partial charge >= 0.3 is 0 Å². The van der Waals surface area contributed by atoms with Crippen molar-refractivity contribution in [2.24, 2.45) is 0 Å². The molecule has 0 spiro atoms. The van der Waals surface area contributed by atoms with Crippen LogP contribution in [-0.4, -0.2) is 15.0 Å². The summed E-state index contributed by atoms with van der Waals surface area (Å²) in [5.41, 5.74) is 8.97. The van der Waals surface area contributed by atoms with Gasteiger partial charge in [-0.2, -0.15) is 0 Å². The van der Waals surface area contributed by atoms with Crippen LogP contribution in [0.5, 0.6) is 0 Å². The van der Waals surface area contributed by atoms with Crippen LogP contribution in [0.4, 0.5) is 0 Å². The molecule has 7 rings (SSSR count). The van der Waals surface area contributed by atoms with Gasteiger partial charge in [-0.3, -0.25) is 9.97 Å². The largest absolute Gasteiger partial charge is 0.305 e. The Morgan fingerprint density at radius 1 is 0.622 bits per heavy atom. The second-order valence-electron chi connectivity index (χ2n) is 11.5. The Bertz CT molecular complexity index is 1980. The molecule has 0 aliphatic heterocycles. The Kier molecular flexibility index (Phi) is 10.3. The Morgan fingerprint density at radius 3 is 2.04 bits per heavy atom. The summed E-state index contributed by atoms with van der Waals surface area (Å²) in [7, 11) is 0. The molecule has 4 heteroatoms. The van der Waals surface area contributed by atoms with Crippen molar-refractivity contribution in [2.75, 3.05) is 0 Å². The standard InChI is InChI=1S/C24H15N2.C17H20N.Ir/c1-3-9-17(10-4-1)21-15-23-22(20-14-8-7-13-19(20)21)16-25-24(26-23)18-11-5-2-6-12-18;1-12(2)14-9-15(13(3)4)11-16(10-14)17-7-5-6-8-18-17;/h1-11,13-16H;5-10,12-13H,1-4H3;/q2*-1;. The fraction of sp³-hybridized carbons (Fsp3) is 0.146. The van der Waals surface area contributed by atoms with Gasteiger partial charge < -0.3 is 4.98 Å². The van der Waals surface area contributed by atoms with Crippen LogP contribution < -0.4 is 0 Å². The first-order valence-corrected chi connectivity index (χ1v) is 15.2. The first kappa shape index (κ1) is 31.9. The van der Waals surface area contributed by atoms with Crippen molar-refractivity contribution < 1.29 is 20.1 Å².